The standard InChI is InChI=1S/C74H142O6/c1-4-7-10-13-16-19-22-25-28-30-32-33-34-35-36-37-38-39-40-41-43-44-46-49-52-55-58-61-64-67-73(76)79-70-71(69-78-72(75)66-63-60-57-54-51-48-27-24-21-18-15-12-9-6-3)80-74(77)68-65-62-59-56-53-50-47-45-42-31-29-26-23-20-17-14-11-8-5-2/h26,29,71H,4-25,27-28,30-70H2,1-3H3/b29-26-. The molecule has 0 N–H and O–H groups in total. The molecule has 0 aromatic heterocycles. The number of unbranched alkanes of at least 4 members (excludes halogenated alkanes) is 56. The van der Waals surface area contributed by atoms with Gasteiger partial charge in [-0.05, 0) is 44.9 Å². The summed E-state index contributed by atoms with van der Waals surface area (Å²) < 4.78 is 17.0. The smallest absolute Gasteiger partial charge is 0.306 e. The Hall–Kier alpha value is -1.85. The largest absolute Gasteiger partial charge is 0.462 e. The molecule has 1 atom stereocenters. The van der Waals surface area contributed by atoms with Gasteiger partial charge in [-0.15, -0.1) is 0 Å². The van der Waals surface area contributed by atoms with Crippen LogP contribution in [0.15, 0.2) is 12.2 Å². The number of allylic oxidation sites excluding steroid dienone is 2. The van der Waals surface area contributed by atoms with Crippen LogP contribution in [0.5, 0.6) is 0 Å². The van der Waals surface area contributed by atoms with Crippen LogP contribution >= 0.6 is 0 Å². The zero-order valence-corrected chi connectivity index (χ0v) is 54.6. The Labute approximate surface area is 501 Å². The van der Waals surface area contributed by atoms with Gasteiger partial charge >= 0.3 is 17.9 Å². The van der Waals surface area contributed by atoms with Crippen LogP contribution in [0.1, 0.15) is 425 Å². The van der Waals surface area contributed by atoms with E-state index in [4.69, 9.17) is 14.2 Å². The molecule has 0 bridgehead atoms. The van der Waals surface area contributed by atoms with Gasteiger partial charge in [0.1, 0.15) is 13.2 Å². The summed E-state index contributed by atoms with van der Waals surface area (Å²) >= 11 is 0. The summed E-state index contributed by atoms with van der Waals surface area (Å²) in [6, 6.07) is 0. The highest BCUT2D eigenvalue weighted by molar-refractivity contribution is 5.71. The highest BCUT2D eigenvalue weighted by Gasteiger charge is 2.20. The minimum absolute atomic E-state index is 0.0637. The fourth-order valence-electron chi connectivity index (χ4n) is 11.5. The molecule has 80 heavy (non-hydrogen) atoms. The normalized spacial score (nSPS) is 12.0. The van der Waals surface area contributed by atoms with Crippen LogP contribution in [0, 0.1) is 0 Å². The third kappa shape index (κ3) is 66.9. The van der Waals surface area contributed by atoms with Crippen molar-refractivity contribution in [3.8, 4) is 0 Å². The van der Waals surface area contributed by atoms with Gasteiger partial charge in [0.15, 0.2) is 6.10 Å². The molecule has 0 rings (SSSR count). The number of hydrogen-bond donors (Lipinski definition) is 0. The highest BCUT2D eigenvalue weighted by atomic mass is 16.6. The second-order valence-electron chi connectivity index (χ2n) is 25.2. The topological polar surface area (TPSA) is 78.9 Å². The van der Waals surface area contributed by atoms with Crippen LogP contribution in [0.25, 0.3) is 0 Å². The first-order valence-electron chi connectivity index (χ1n) is 36.7. The fraction of sp³-hybridized carbons (Fsp3) is 0.932. The van der Waals surface area contributed by atoms with Gasteiger partial charge < -0.3 is 14.2 Å². The van der Waals surface area contributed by atoms with E-state index in [2.05, 4.69) is 32.9 Å². The Morgan fingerprint density at radius 2 is 0.412 bits per heavy atom. The lowest BCUT2D eigenvalue weighted by Gasteiger charge is -2.18. The second-order valence-corrected chi connectivity index (χ2v) is 25.2. The molecule has 0 aliphatic carbocycles. The molecule has 0 heterocycles. The lowest BCUT2D eigenvalue weighted by atomic mass is 10.0. The first kappa shape index (κ1) is 78.1. The minimum Gasteiger partial charge on any atom is -0.462 e. The fourth-order valence-corrected chi connectivity index (χ4v) is 11.5. The third-order valence-corrected chi connectivity index (χ3v) is 17.0. The molecule has 0 aromatic carbocycles. The Balaban J connectivity index is 4.16. The van der Waals surface area contributed by atoms with Crippen LogP contribution in [-0.4, -0.2) is 37.2 Å². The molecule has 6 heteroatoms. The van der Waals surface area contributed by atoms with Gasteiger partial charge in [0.25, 0.3) is 0 Å². The first-order chi connectivity index (χ1) is 39.5. The Bertz CT molecular complexity index is 1250. The van der Waals surface area contributed by atoms with Crippen molar-refractivity contribution in [2.24, 2.45) is 0 Å². The average molecular weight is 1130 g/mol. The molecule has 0 aliphatic heterocycles. The number of carbonyl (C=O) groups excluding carboxylic acids is 3. The van der Waals surface area contributed by atoms with Gasteiger partial charge in [-0.3, -0.25) is 14.4 Å². The van der Waals surface area contributed by atoms with E-state index in [1.807, 2.05) is 0 Å². The van der Waals surface area contributed by atoms with E-state index in [0.29, 0.717) is 19.3 Å². The van der Waals surface area contributed by atoms with E-state index in [1.54, 1.807) is 0 Å². The maximum Gasteiger partial charge on any atom is 0.306 e. The first-order valence-corrected chi connectivity index (χ1v) is 36.7. The number of carbonyl (C=O) groups is 3. The molecule has 474 valence electrons. The molecule has 0 saturated carbocycles. The number of esters is 3. The zero-order valence-electron chi connectivity index (χ0n) is 54.6. The quantitative estimate of drug-likeness (QED) is 0.0261. The van der Waals surface area contributed by atoms with Crippen molar-refractivity contribution in [3.05, 3.63) is 12.2 Å². The molecule has 0 saturated heterocycles. The van der Waals surface area contributed by atoms with E-state index in [-0.39, 0.29) is 31.1 Å². The average Bonchev–Trinajstić information content (AvgIpc) is 3.46. The highest BCUT2D eigenvalue weighted by Crippen LogP contribution is 2.19. The van der Waals surface area contributed by atoms with Crippen molar-refractivity contribution in [2.45, 2.75) is 431 Å². The van der Waals surface area contributed by atoms with Crippen LogP contribution < -0.4 is 0 Å². The Morgan fingerprint density at radius 3 is 0.625 bits per heavy atom. The summed E-state index contributed by atoms with van der Waals surface area (Å²) in [5.74, 6) is -0.829. The summed E-state index contributed by atoms with van der Waals surface area (Å²) in [6.45, 7) is 6.73. The van der Waals surface area contributed by atoms with Crippen LogP contribution in [0.4, 0.5) is 0 Å². The van der Waals surface area contributed by atoms with Crippen molar-refractivity contribution < 1.29 is 28.6 Å². The lowest BCUT2D eigenvalue weighted by Crippen LogP contribution is -2.30. The second kappa shape index (κ2) is 69.6. The summed E-state index contributed by atoms with van der Waals surface area (Å²) in [5, 5.41) is 0. The van der Waals surface area contributed by atoms with Crippen molar-refractivity contribution >= 4 is 17.9 Å². The molecule has 0 amide bonds. The molecule has 0 spiro atoms. The Kier molecular flexibility index (Phi) is 68.0. The van der Waals surface area contributed by atoms with Gasteiger partial charge in [0, 0.05) is 19.3 Å². The molecule has 0 fully saturated rings. The van der Waals surface area contributed by atoms with Crippen molar-refractivity contribution in [2.75, 3.05) is 13.2 Å². The van der Waals surface area contributed by atoms with E-state index in [0.717, 1.165) is 57.8 Å². The number of hydrogen-bond acceptors (Lipinski definition) is 6. The molecule has 0 radical (unpaired) electrons. The summed E-state index contributed by atoms with van der Waals surface area (Å²) in [6.07, 6.45) is 84.0. The summed E-state index contributed by atoms with van der Waals surface area (Å²) in [4.78, 5) is 38.4. The Morgan fingerprint density at radius 1 is 0.237 bits per heavy atom. The van der Waals surface area contributed by atoms with Gasteiger partial charge in [0.05, 0.1) is 0 Å². The number of ether oxygens (including phenoxy) is 3. The van der Waals surface area contributed by atoms with E-state index in [1.165, 1.54) is 327 Å². The third-order valence-electron chi connectivity index (χ3n) is 17.0. The predicted octanol–water partition coefficient (Wildman–Crippen LogP) is 25.2. The van der Waals surface area contributed by atoms with Crippen LogP contribution in [0.3, 0.4) is 0 Å². The van der Waals surface area contributed by atoms with Gasteiger partial charge in [-0.2, -0.15) is 0 Å². The predicted molar refractivity (Wildman–Crippen MR) is 349 cm³/mol. The van der Waals surface area contributed by atoms with Gasteiger partial charge in [-0.25, -0.2) is 0 Å². The maximum atomic E-state index is 12.9. The van der Waals surface area contributed by atoms with Crippen molar-refractivity contribution in [1.82, 2.24) is 0 Å². The van der Waals surface area contributed by atoms with E-state index >= 15 is 0 Å². The van der Waals surface area contributed by atoms with Gasteiger partial charge in [0.2, 0.25) is 0 Å². The summed E-state index contributed by atoms with van der Waals surface area (Å²) in [5.41, 5.74) is 0. The van der Waals surface area contributed by atoms with Gasteiger partial charge in [-0.1, -0.05) is 373 Å². The van der Waals surface area contributed by atoms with Crippen molar-refractivity contribution in [3.63, 3.8) is 0 Å². The molecule has 6 nitrogen and oxygen atoms in total. The monoisotopic (exact) mass is 1130 g/mol. The minimum atomic E-state index is -0.768. The molecule has 1 unspecified atom stereocenters. The lowest BCUT2D eigenvalue weighted by molar-refractivity contribution is -0.167. The van der Waals surface area contributed by atoms with Crippen LogP contribution in [0.2, 0.25) is 0 Å². The van der Waals surface area contributed by atoms with Crippen molar-refractivity contribution in [1.29, 1.82) is 0 Å². The van der Waals surface area contributed by atoms with E-state index in [9.17, 15) is 14.4 Å². The SMILES string of the molecule is CCCCCCCC/C=C\CCCCCCCCCCCC(=O)OC(COC(=O)CCCCCCCCCCCCCCCC)COC(=O)CCCCCCCCCCCCCCCCCCCCCCCCCCCCCCC. The molecule has 0 aromatic rings. The molecule has 0 aliphatic rings. The number of rotatable bonds is 69. The zero-order chi connectivity index (χ0) is 57.8. The maximum absolute atomic E-state index is 12.9. The van der Waals surface area contributed by atoms with Crippen LogP contribution in [-0.2, 0) is 28.6 Å². The van der Waals surface area contributed by atoms with E-state index < -0.39 is 6.10 Å². The molecular weight excluding hydrogens is 985 g/mol. The molecular formula is C74H142O6. The summed E-state index contributed by atoms with van der Waals surface area (Å²) in [7, 11) is 0.